The number of aromatic nitrogens is 1. The van der Waals surface area contributed by atoms with Gasteiger partial charge in [-0.3, -0.25) is 19.2 Å². The molecule has 1 heterocycles. The molecule has 0 saturated carbocycles. The predicted molar refractivity (Wildman–Crippen MR) is 132 cm³/mol. The number of H-pyrrole nitrogens is 1. The lowest BCUT2D eigenvalue weighted by atomic mass is 10.0. The lowest BCUT2D eigenvalue weighted by Crippen LogP contribution is -2.41. The van der Waals surface area contributed by atoms with Crippen molar-refractivity contribution in [1.29, 1.82) is 0 Å². The zero-order chi connectivity index (χ0) is 24.2. The van der Waals surface area contributed by atoms with Crippen molar-refractivity contribution < 1.29 is 14.4 Å². The summed E-state index contributed by atoms with van der Waals surface area (Å²) in [6.07, 6.45) is 1.38. The van der Waals surface area contributed by atoms with Gasteiger partial charge in [0.2, 0.25) is 5.91 Å². The number of rotatable bonds is 6. The molecule has 0 spiro atoms. The first kappa shape index (κ1) is 22.7. The van der Waals surface area contributed by atoms with Crippen LogP contribution in [0.3, 0.4) is 0 Å². The third kappa shape index (κ3) is 4.78. The first-order valence-electron chi connectivity index (χ1n) is 10.8. The molecule has 4 aromatic rings. The summed E-state index contributed by atoms with van der Waals surface area (Å²) in [5.41, 5.74) is 2.91. The van der Waals surface area contributed by atoms with Gasteiger partial charge in [-0.2, -0.15) is 0 Å². The zero-order valence-corrected chi connectivity index (χ0v) is 18.7. The third-order valence-electron chi connectivity index (χ3n) is 5.50. The number of fused-ring (bicyclic) bond motifs is 1. The van der Waals surface area contributed by atoms with Crippen molar-refractivity contribution in [2.75, 3.05) is 5.32 Å². The van der Waals surface area contributed by atoms with E-state index in [1.807, 2.05) is 36.4 Å². The Morgan fingerprint density at radius 1 is 0.882 bits per heavy atom. The van der Waals surface area contributed by atoms with Crippen LogP contribution in [0.1, 0.15) is 34.6 Å². The molecule has 0 bridgehead atoms. The maximum Gasteiger partial charge on any atom is 0.251 e. The summed E-state index contributed by atoms with van der Waals surface area (Å²) >= 11 is 0. The Bertz CT molecular complexity index is 1460. The Balaban J connectivity index is 1.47. The van der Waals surface area contributed by atoms with E-state index in [0.29, 0.717) is 22.2 Å². The molecule has 3 aromatic carbocycles. The van der Waals surface area contributed by atoms with Crippen molar-refractivity contribution in [2.45, 2.75) is 19.9 Å². The number of carbonyl (C=O) groups excluding carboxylic acids is 3. The Hall–Kier alpha value is -4.52. The number of hydrogen-bond acceptors (Lipinski definition) is 4. The molecule has 0 unspecified atom stereocenters. The quantitative estimate of drug-likeness (QED) is 0.381. The molecule has 4 rings (SSSR count). The molecule has 34 heavy (non-hydrogen) atoms. The van der Waals surface area contributed by atoms with Gasteiger partial charge in [0.05, 0.1) is 5.56 Å². The second-order valence-corrected chi connectivity index (χ2v) is 7.98. The fraction of sp³-hybridized carbons (Fsp3) is 0.111. The number of amides is 2. The van der Waals surface area contributed by atoms with Gasteiger partial charge in [-0.05, 0) is 55.3 Å². The van der Waals surface area contributed by atoms with Crippen LogP contribution in [0, 0.1) is 0 Å². The van der Waals surface area contributed by atoms with Crippen LogP contribution in [0.25, 0.3) is 22.0 Å². The van der Waals surface area contributed by atoms with Crippen molar-refractivity contribution >= 4 is 34.2 Å². The highest BCUT2D eigenvalue weighted by molar-refractivity contribution is 6.02. The zero-order valence-electron chi connectivity index (χ0n) is 18.7. The van der Waals surface area contributed by atoms with Gasteiger partial charge in [-0.1, -0.05) is 42.5 Å². The molecule has 7 nitrogen and oxygen atoms in total. The summed E-state index contributed by atoms with van der Waals surface area (Å²) in [7, 11) is 0. The first-order valence-corrected chi connectivity index (χ1v) is 10.8. The second kappa shape index (κ2) is 9.54. The summed E-state index contributed by atoms with van der Waals surface area (Å²) in [5.74, 6) is -1.15. The van der Waals surface area contributed by atoms with Crippen molar-refractivity contribution in [3.63, 3.8) is 0 Å². The molecule has 0 aliphatic rings. The monoisotopic (exact) mass is 453 g/mol. The summed E-state index contributed by atoms with van der Waals surface area (Å²) in [5, 5.41) is 5.71. The molecule has 1 aromatic heterocycles. The fourth-order valence-electron chi connectivity index (χ4n) is 3.62. The Labute approximate surface area is 195 Å². The molecule has 0 saturated heterocycles. The lowest BCUT2D eigenvalue weighted by Gasteiger charge is -2.15. The van der Waals surface area contributed by atoms with Crippen LogP contribution in [0.5, 0.6) is 0 Å². The minimum atomic E-state index is -0.828. The van der Waals surface area contributed by atoms with Gasteiger partial charge in [0, 0.05) is 28.4 Å². The largest absolute Gasteiger partial charge is 0.360 e. The van der Waals surface area contributed by atoms with E-state index in [1.165, 1.54) is 19.2 Å². The van der Waals surface area contributed by atoms with Crippen LogP contribution in [0.15, 0.2) is 83.8 Å². The number of nitrogens with one attached hydrogen (secondary N) is 3. The Kier molecular flexibility index (Phi) is 6.36. The maximum atomic E-state index is 12.7. The minimum Gasteiger partial charge on any atom is -0.360 e. The first-order chi connectivity index (χ1) is 16.3. The normalized spacial score (nSPS) is 11.6. The van der Waals surface area contributed by atoms with Gasteiger partial charge in [-0.15, -0.1) is 0 Å². The highest BCUT2D eigenvalue weighted by Gasteiger charge is 2.18. The number of hydrogen-bond donors (Lipinski definition) is 3. The van der Waals surface area contributed by atoms with Crippen molar-refractivity contribution in [1.82, 2.24) is 10.3 Å². The molecule has 2 amide bonds. The van der Waals surface area contributed by atoms with Crippen LogP contribution in [-0.2, 0) is 4.79 Å². The van der Waals surface area contributed by atoms with E-state index in [9.17, 15) is 19.2 Å². The number of pyridine rings is 1. The van der Waals surface area contributed by atoms with Gasteiger partial charge in [-0.25, -0.2) is 0 Å². The molecule has 0 aliphatic heterocycles. The van der Waals surface area contributed by atoms with Gasteiger partial charge in [0.25, 0.3) is 5.91 Å². The molecule has 0 aliphatic carbocycles. The summed E-state index contributed by atoms with van der Waals surface area (Å²) in [4.78, 5) is 52.6. The van der Waals surface area contributed by atoms with Crippen LogP contribution < -0.4 is 16.1 Å². The number of ketones is 1. The van der Waals surface area contributed by atoms with E-state index in [2.05, 4.69) is 15.6 Å². The predicted octanol–water partition coefficient (Wildman–Crippen LogP) is 4.15. The van der Waals surface area contributed by atoms with Crippen LogP contribution in [0.4, 0.5) is 5.69 Å². The number of carbonyl (C=O) groups is 3. The third-order valence-corrected chi connectivity index (χ3v) is 5.50. The van der Waals surface area contributed by atoms with Gasteiger partial charge in [0.15, 0.2) is 11.2 Å². The standard InChI is InChI=1S/C27H23N3O4/c1-16(29-27(34)20-10-6-9-19(13-20)18-7-4-3-5-8-18)26(33)30-21-11-12-24-22(14-21)25(32)23(15-28-24)17(2)31/h3-16H,1-2H3,(H,28,32)(H,29,34)(H,30,33)/t16-/m0/s1. The van der Waals surface area contributed by atoms with Crippen molar-refractivity contribution in [2.24, 2.45) is 0 Å². The van der Waals surface area contributed by atoms with Crippen molar-refractivity contribution in [3.8, 4) is 11.1 Å². The average Bonchev–Trinajstić information content (AvgIpc) is 2.85. The Morgan fingerprint density at radius 2 is 1.62 bits per heavy atom. The van der Waals surface area contributed by atoms with Crippen LogP contribution in [0.2, 0.25) is 0 Å². The maximum absolute atomic E-state index is 12.7. The molecule has 3 N–H and O–H groups in total. The number of benzene rings is 3. The highest BCUT2D eigenvalue weighted by atomic mass is 16.2. The van der Waals surface area contributed by atoms with E-state index >= 15 is 0 Å². The number of anilines is 1. The molecule has 170 valence electrons. The fourth-order valence-corrected chi connectivity index (χ4v) is 3.62. The smallest absolute Gasteiger partial charge is 0.251 e. The molecule has 7 heteroatoms. The number of Topliss-reactive ketones (excluding diaryl/α,β-unsaturated/α-hetero) is 1. The van der Waals surface area contributed by atoms with E-state index < -0.39 is 17.4 Å². The van der Waals surface area contributed by atoms with E-state index in [0.717, 1.165) is 11.1 Å². The Morgan fingerprint density at radius 3 is 2.35 bits per heavy atom. The molecule has 1 atom stereocenters. The molecule has 0 fully saturated rings. The second-order valence-electron chi connectivity index (χ2n) is 7.98. The van der Waals surface area contributed by atoms with Gasteiger partial charge < -0.3 is 15.6 Å². The average molecular weight is 453 g/mol. The van der Waals surface area contributed by atoms with Gasteiger partial charge >= 0.3 is 0 Å². The lowest BCUT2D eigenvalue weighted by molar-refractivity contribution is -0.117. The topological polar surface area (TPSA) is 108 Å². The van der Waals surface area contributed by atoms with Crippen LogP contribution in [-0.4, -0.2) is 28.6 Å². The minimum absolute atomic E-state index is 0.0503. The van der Waals surface area contributed by atoms with Crippen molar-refractivity contribution in [3.05, 3.63) is 100 Å². The number of aromatic amines is 1. The molecular weight excluding hydrogens is 430 g/mol. The van der Waals surface area contributed by atoms with E-state index in [-0.39, 0.29) is 17.3 Å². The molecule has 0 radical (unpaired) electrons. The summed E-state index contributed by atoms with van der Waals surface area (Å²) in [6, 6.07) is 20.8. The summed E-state index contributed by atoms with van der Waals surface area (Å²) < 4.78 is 0. The van der Waals surface area contributed by atoms with Gasteiger partial charge in [0.1, 0.15) is 6.04 Å². The van der Waals surface area contributed by atoms with Crippen LogP contribution >= 0.6 is 0 Å². The highest BCUT2D eigenvalue weighted by Crippen LogP contribution is 2.20. The van der Waals surface area contributed by atoms with E-state index in [1.54, 1.807) is 37.3 Å². The van der Waals surface area contributed by atoms with E-state index in [4.69, 9.17) is 0 Å². The molecular formula is C27H23N3O4. The summed E-state index contributed by atoms with van der Waals surface area (Å²) in [6.45, 7) is 2.90. The SMILES string of the molecule is CC(=O)c1c[nH]c2ccc(NC(=O)[C@H](C)NC(=O)c3cccc(-c4ccccc4)c3)cc2c1=O.